The molecule has 3 rings (SSSR count). The van der Waals surface area contributed by atoms with Gasteiger partial charge in [-0.05, 0) is 43.4 Å². The number of hydrogen-bond acceptors (Lipinski definition) is 2. The van der Waals surface area contributed by atoms with E-state index in [4.69, 9.17) is 0 Å². The quantitative estimate of drug-likeness (QED) is 0.858. The van der Waals surface area contributed by atoms with Gasteiger partial charge in [0.25, 0.3) is 0 Å². The van der Waals surface area contributed by atoms with Crippen LogP contribution >= 0.6 is 0 Å². The Labute approximate surface area is 104 Å². The monoisotopic (exact) mass is 230 g/mol. The van der Waals surface area contributed by atoms with Crippen LogP contribution in [0.1, 0.15) is 30.7 Å². The third-order valence-corrected chi connectivity index (χ3v) is 4.42. The summed E-state index contributed by atoms with van der Waals surface area (Å²) < 4.78 is 0. The van der Waals surface area contributed by atoms with Crippen molar-refractivity contribution < 1.29 is 0 Å². The molecule has 0 amide bonds. The maximum absolute atomic E-state index is 3.26. The van der Waals surface area contributed by atoms with E-state index in [9.17, 15) is 0 Å². The number of likely N-dealkylation sites (N-methyl/N-ethyl adjacent to an activating group) is 1. The van der Waals surface area contributed by atoms with E-state index in [1.54, 1.807) is 5.56 Å². The van der Waals surface area contributed by atoms with Gasteiger partial charge in [-0.3, -0.25) is 0 Å². The van der Waals surface area contributed by atoms with Crippen molar-refractivity contribution in [2.45, 2.75) is 25.2 Å². The summed E-state index contributed by atoms with van der Waals surface area (Å²) in [5.41, 5.74) is 3.10. The van der Waals surface area contributed by atoms with Gasteiger partial charge >= 0.3 is 0 Å². The van der Waals surface area contributed by atoms with Crippen LogP contribution in [0.2, 0.25) is 0 Å². The molecule has 2 heteroatoms. The fraction of sp³-hybridized carbons (Fsp3) is 0.600. The Morgan fingerprint density at radius 1 is 1.29 bits per heavy atom. The van der Waals surface area contributed by atoms with Crippen LogP contribution in [0.5, 0.6) is 0 Å². The summed E-state index contributed by atoms with van der Waals surface area (Å²) in [4.78, 5) is 2.58. The van der Waals surface area contributed by atoms with Crippen LogP contribution in [-0.2, 0) is 0 Å². The molecule has 2 aliphatic rings. The number of fused-ring (bicyclic) bond motifs is 3. The minimum atomic E-state index is 0.844. The second kappa shape index (κ2) is 4.69. The molecule has 1 aliphatic carbocycles. The van der Waals surface area contributed by atoms with E-state index in [0.29, 0.717) is 0 Å². The second-order valence-corrected chi connectivity index (χ2v) is 5.41. The van der Waals surface area contributed by atoms with Gasteiger partial charge in [0.2, 0.25) is 0 Å². The van der Waals surface area contributed by atoms with E-state index in [2.05, 4.69) is 34.5 Å². The van der Waals surface area contributed by atoms with Gasteiger partial charge in [0.05, 0.1) is 0 Å². The Kier molecular flexibility index (Phi) is 3.06. The predicted octanol–water partition coefficient (Wildman–Crippen LogP) is 2.61. The number of anilines is 1. The highest BCUT2D eigenvalue weighted by atomic mass is 15.2. The van der Waals surface area contributed by atoms with E-state index in [1.165, 1.54) is 31.5 Å². The van der Waals surface area contributed by atoms with Crippen molar-refractivity contribution in [1.29, 1.82) is 0 Å². The Morgan fingerprint density at radius 2 is 2.18 bits per heavy atom. The third-order valence-electron chi connectivity index (χ3n) is 4.42. The zero-order valence-electron chi connectivity index (χ0n) is 10.7. The van der Waals surface area contributed by atoms with Crippen molar-refractivity contribution in [3.63, 3.8) is 0 Å². The number of rotatable bonds is 3. The normalized spacial score (nSPS) is 26.8. The van der Waals surface area contributed by atoms with Gasteiger partial charge in [-0.25, -0.2) is 0 Å². The first-order valence-electron chi connectivity index (χ1n) is 6.88. The van der Waals surface area contributed by atoms with E-state index >= 15 is 0 Å². The molecule has 2 nitrogen and oxygen atoms in total. The molecule has 1 fully saturated rings. The van der Waals surface area contributed by atoms with Gasteiger partial charge in [-0.15, -0.1) is 0 Å². The van der Waals surface area contributed by atoms with E-state index in [0.717, 1.165) is 24.9 Å². The van der Waals surface area contributed by atoms with Crippen molar-refractivity contribution in [2.75, 3.05) is 31.6 Å². The average Bonchev–Trinajstić information content (AvgIpc) is 2.84. The summed E-state index contributed by atoms with van der Waals surface area (Å²) in [7, 11) is 2.04. The molecular weight excluding hydrogens is 208 g/mol. The molecule has 2 atom stereocenters. The molecule has 0 aromatic heterocycles. The lowest BCUT2D eigenvalue weighted by Crippen LogP contribution is -2.39. The summed E-state index contributed by atoms with van der Waals surface area (Å²) in [5, 5.41) is 3.26. The Bertz CT molecular complexity index is 388. The van der Waals surface area contributed by atoms with Crippen molar-refractivity contribution >= 4 is 5.69 Å². The Morgan fingerprint density at radius 3 is 3.06 bits per heavy atom. The zero-order chi connectivity index (χ0) is 11.7. The van der Waals surface area contributed by atoms with Crippen LogP contribution in [-0.4, -0.2) is 26.7 Å². The first-order valence-corrected chi connectivity index (χ1v) is 6.88. The number of para-hydroxylation sites is 1. The van der Waals surface area contributed by atoms with Crippen LogP contribution < -0.4 is 10.2 Å². The molecule has 1 aliphatic heterocycles. The molecule has 0 radical (unpaired) electrons. The first kappa shape index (κ1) is 11.1. The molecule has 0 saturated heterocycles. The Hall–Kier alpha value is -1.02. The average molecular weight is 230 g/mol. The van der Waals surface area contributed by atoms with E-state index < -0.39 is 0 Å². The van der Waals surface area contributed by atoms with Crippen molar-refractivity contribution in [3.05, 3.63) is 29.8 Å². The van der Waals surface area contributed by atoms with E-state index in [-0.39, 0.29) is 0 Å². The summed E-state index contributed by atoms with van der Waals surface area (Å²) in [6.45, 7) is 3.48. The minimum Gasteiger partial charge on any atom is -0.370 e. The van der Waals surface area contributed by atoms with Crippen molar-refractivity contribution in [1.82, 2.24) is 5.32 Å². The van der Waals surface area contributed by atoms with Gasteiger partial charge in [0.1, 0.15) is 0 Å². The zero-order valence-corrected chi connectivity index (χ0v) is 10.7. The van der Waals surface area contributed by atoms with Crippen LogP contribution in [0.15, 0.2) is 24.3 Å². The lowest BCUT2D eigenvalue weighted by Gasteiger charge is -2.38. The van der Waals surface area contributed by atoms with Gasteiger partial charge in [0, 0.05) is 25.3 Å². The standard InChI is InChI=1S/C15H22N2/c1-16-9-10-17-11-12-5-4-7-13(12)14-6-2-3-8-15(14)17/h2-3,6,8,12-13,16H,4-5,7,9-11H2,1H3/t12-,13-/m0/s1. The van der Waals surface area contributed by atoms with Crippen LogP contribution in [0, 0.1) is 5.92 Å². The first-order chi connectivity index (χ1) is 8.40. The van der Waals surface area contributed by atoms with Gasteiger partial charge in [-0.2, -0.15) is 0 Å². The molecule has 1 aromatic rings. The number of benzene rings is 1. The third kappa shape index (κ3) is 1.95. The van der Waals surface area contributed by atoms with Crippen molar-refractivity contribution in [3.8, 4) is 0 Å². The summed E-state index contributed by atoms with van der Waals surface area (Å²) in [6, 6.07) is 9.04. The summed E-state index contributed by atoms with van der Waals surface area (Å²) in [6.07, 6.45) is 4.25. The minimum absolute atomic E-state index is 0.844. The lowest BCUT2D eigenvalue weighted by molar-refractivity contribution is 0.452. The highest BCUT2D eigenvalue weighted by molar-refractivity contribution is 5.58. The second-order valence-electron chi connectivity index (χ2n) is 5.41. The van der Waals surface area contributed by atoms with Crippen LogP contribution in [0.3, 0.4) is 0 Å². The smallest absolute Gasteiger partial charge is 0.0402 e. The molecular formula is C15H22N2. The fourth-order valence-corrected chi connectivity index (χ4v) is 3.59. The van der Waals surface area contributed by atoms with E-state index in [1.807, 2.05) is 7.05 Å². The van der Waals surface area contributed by atoms with Gasteiger partial charge in [-0.1, -0.05) is 24.6 Å². The van der Waals surface area contributed by atoms with Crippen LogP contribution in [0.25, 0.3) is 0 Å². The molecule has 17 heavy (non-hydrogen) atoms. The number of nitrogens with one attached hydrogen (secondary N) is 1. The van der Waals surface area contributed by atoms with Crippen LogP contribution in [0.4, 0.5) is 5.69 Å². The van der Waals surface area contributed by atoms with Gasteiger partial charge < -0.3 is 10.2 Å². The highest BCUT2D eigenvalue weighted by Gasteiger charge is 2.35. The molecule has 1 aromatic carbocycles. The number of hydrogen-bond donors (Lipinski definition) is 1. The SMILES string of the molecule is CNCCN1C[C@@H]2CCC[C@@H]2c2ccccc21. The maximum Gasteiger partial charge on any atom is 0.0402 e. The summed E-state index contributed by atoms with van der Waals surface area (Å²) in [5.74, 6) is 1.75. The molecule has 92 valence electrons. The largest absolute Gasteiger partial charge is 0.370 e. The maximum atomic E-state index is 3.26. The van der Waals surface area contributed by atoms with Gasteiger partial charge in [0.15, 0.2) is 0 Å². The molecule has 0 spiro atoms. The Balaban J connectivity index is 1.90. The molecule has 1 heterocycles. The summed E-state index contributed by atoms with van der Waals surface area (Å²) >= 11 is 0. The molecule has 0 unspecified atom stereocenters. The molecule has 1 saturated carbocycles. The topological polar surface area (TPSA) is 15.3 Å². The molecule has 0 bridgehead atoms. The lowest BCUT2D eigenvalue weighted by atomic mass is 9.84. The highest BCUT2D eigenvalue weighted by Crippen LogP contribution is 2.47. The van der Waals surface area contributed by atoms with Crippen molar-refractivity contribution in [2.24, 2.45) is 5.92 Å². The number of nitrogens with zero attached hydrogens (tertiary/aromatic N) is 1. The fourth-order valence-electron chi connectivity index (χ4n) is 3.59. The molecule has 1 N–H and O–H groups in total. The predicted molar refractivity (Wildman–Crippen MR) is 72.7 cm³/mol.